The Kier molecular flexibility index (Phi) is 3.96. The van der Waals surface area contributed by atoms with E-state index < -0.39 is 4.87 Å². The molecule has 4 aromatic rings. The van der Waals surface area contributed by atoms with Crippen molar-refractivity contribution in [2.24, 2.45) is 10.2 Å². The van der Waals surface area contributed by atoms with E-state index in [9.17, 15) is 0 Å². The number of rotatable bonds is 2. The number of hydrogen-bond donors (Lipinski definition) is 0. The van der Waals surface area contributed by atoms with Gasteiger partial charge in [-0.1, -0.05) is 121 Å². The fourth-order valence-electron chi connectivity index (χ4n) is 4.37. The van der Waals surface area contributed by atoms with Gasteiger partial charge in [-0.05, 0) is 33.4 Å². The molecule has 2 nitrogen and oxygen atoms in total. The highest BCUT2D eigenvalue weighted by atomic mass is 32.2. The molecule has 0 N–H and O–H groups in total. The predicted octanol–water partition coefficient (Wildman–Crippen LogP) is 7.48. The molecule has 1 aliphatic heterocycles. The SMILES string of the molecule is c1ccc(C2(c3ccccc3)N=NC(=C3c4ccccc4-c4ccccc43)S2)cc1. The van der Waals surface area contributed by atoms with Crippen LogP contribution in [0.2, 0.25) is 0 Å². The highest BCUT2D eigenvalue weighted by molar-refractivity contribution is 8.04. The van der Waals surface area contributed by atoms with E-state index in [1.54, 1.807) is 11.8 Å². The lowest BCUT2D eigenvalue weighted by Gasteiger charge is -2.24. The lowest BCUT2D eigenvalue weighted by atomic mass is 9.99. The second-order valence-corrected chi connectivity index (χ2v) is 8.63. The summed E-state index contributed by atoms with van der Waals surface area (Å²) in [6.45, 7) is 0. The molecule has 0 bridgehead atoms. The zero-order chi connectivity index (χ0) is 20.0. The Hall–Kier alpha value is -3.43. The van der Waals surface area contributed by atoms with Gasteiger partial charge in [-0.15, -0.1) is 5.11 Å². The normalized spacial score (nSPS) is 15.9. The highest BCUT2D eigenvalue weighted by Crippen LogP contribution is 2.57. The molecule has 4 aromatic carbocycles. The average molecular weight is 403 g/mol. The van der Waals surface area contributed by atoms with Gasteiger partial charge in [-0.2, -0.15) is 5.11 Å². The summed E-state index contributed by atoms with van der Waals surface area (Å²) in [7, 11) is 0. The van der Waals surface area contributed by atoms with Crippen molar-refractivity contribution in [3.8, 4) is 11.1 Å². The molecule has 0 fully saturated rings. The minimum Gasteiger partial charge on any atom is -0.160 e. The number of fused-ring (bicyclic) bond motifs is 3. The van der Waals surface area contributed by atoms with E-state index >= 15 is 0 Å². The monoisotopic (exact) mass is 402 g/mol. The van der Waals surface area contributed by atoms with Crippen LogP contribution in [-0.4, -0.2) is 0 Å². The van der Waals surface area contributed by atoms with Crippen molar-refractivity contribution in [1.82, 2.24) is 0 Å². The lowest BCUT2D eigenvalue weighted by Crippen LogP contribution is -2.18. The first-order valence-electron chi connectivity index (χ1n) is 10.0. The zero-order valence-electron chi connectivity index (χ0n) is 16.2. The van der Waals surface area contributed by atoms with Crippen LogP contribution in [0.4, 0.5) is 0 Å². The molecular weight excluding hydrogens is 384 g/mol. The third-order valence-corrected chi connectivity index (χ3v) is 7.08. The first-order chi connectivity index (χ1) is 14.9. The molecule has 3 heteroatoms. The summed E-state index contributed by atoms with van der Waals surface area (Å²) in [4.78, 5) is -0.572. The molecule has 0 radical (unpaired) electrons. The number of thioether (sulfide) groups is 1. The van der Waals surface area contributed by atoms with Crippen molar-refractivity contribution >= 4 is 17.3 Å². The molecule has 0 saturated carbocycles. The van der Waals surface area contributed by atoms with Gasteiger partial charge in [0.15, 0.2) is 4.87 Å². The summed E-state index contributed by atoms with van der Waals surface area (Å²) in [6, 6.07) is 38.1. The van der Waals surface area contributed by atoms with Gasteiger partial charge in [0.25, 0.3) is 0 Å². The molecule has 2 aliphatic rings. The molecule has 30 heavy (non-hydrogen) atoms. The molecule has 0 saturated heterocycles. The van der Waals surface area contributed by atoms with Crippen LogP contribution in [0.15, 0.2) is 124 Å². The second kappa shape index (κ2) is 6.82. The lowest BCUT2D eigenvalue weighted by molar-refractivity contribution is 0.760. The molecule has 6 rings (SSSR count). The Labute approximate surface area is 180 Å². The summed E-state index contributed by atoms with van der Waals surface area (Å²) in [6.07, 6.45) is 0. The van der Waals surface area contributed by atoms with Crippen LogP contribution in [0.5, 0.6) is 0 Å². The van der Waals surface area contributed by atoms with Crippen LogP contribution < -0.4 is 0 Å². The van der Waals surface area contributed by atoms with Crippen LogP contribution in [0.3, 0.4) is 0 Å². The Bertz CT molecular complexity index is 1220. The van der Waals surface area contributed by atoms with Gasteiger partial charge in [0, 0.05) is 5.57 Å². The molecule has 142 valence electrons. The average Bonchev–Trinajstić information content (AvgIpc) is 3.41. The third-order valence-electron chi connectivity index (χ3n) is 5.75. The predicted molar refractivity (Wildman–Crippen MR) is 124 cm³/mol. The van der Waals surface area contributed by atoms with Gasteiger partial charge in [-0.25, -0.2) is 0 Å². The Morgan fingerprint density at radius 2 is 0.933 bits per heavy atom. The van der Waals surface area contributed by atoms with Crippen LogP contribution in [-0.2, 0) is 4.87 Å². The molecular formula is C27H18N2S. The largest absolute Gasteiger partial charge is 0.183 e. The van der Waals surface area contributed by atoms with Gasteiger partial charge in [-0.3, -0.25) is 0 Å². The fraction of sp³-hybridized carbons (Fsp3) is 0.0370. The Morgan fingerprint density at radius 1 is 0.500 bits per heavy atom. The van der Waals surface area contributed by atoms with Gasteiger partial charge in [0.1, 0.15) is 5.03 Å². The number of hydrogen-bond acceptors (Lipinski definition) is 3. The summed E-state index contributed by atoms with van der Waals surface area (Å²) < 4.78 is 0. The van der Waals surface area contributed by atoms with Gasteiger partial charge < -0.3 is 0 Å². The first kappa shape index (κ1) is 17.4. The van der Waals surface area contributed by atoms with Crippen LogP contribution in [0.1, 0.15) is 22.3 Å². The van der Waals surface area contributed by atoms with E-state index in [0.717, 1.165) is 16.2 Å². The maximum absolute atomic E-state index is 4.91. The Balaban J connectivity index is 1.58. The quantitative estimate of drug-likeness (QED) is 0.300. The molecule has 1 heterocycles. The van der Waals surface area contributed by atoms with Crippen molar-refractivity contribution in [2.75, 3.05) is 0 Å². The first-order valence-corrected chi connectivity index (χ1v) is 10.8. The summed E-state index contributed by atoms with van der Waals surface area (Å²) in [5, 5.41) is 10.7. The molecule has 0 spiro atoms. The molecule has 0 atom stereocenters. The summed E-state index contributed by atoms with van der Waals surface area (Å²) >= 11 is 1.74. The molecule has 1 aliphatic carbocycles. The topological polar surface area (TPSA) is 24.7 Å². The Morgan fingerprint density at radius 3 is 1.43 bits per heavy atom. The van der Waals surface area contributed by atoms with E-state index in [1.165, 1.54) is 27.8 Å². The highest BCUT2D eigenvalue weighted by Gasteiger charge is 2.42. The van der Waals surface area contributed by atoms with E-state index in [-0.39, 0.29) is 0 Å². The smallest absolute Gasteiger partial charge is 0.160 e. The maximum Gasteiger partial charge on any atom is 0.183 e. The second-order valence-electron chi connectivity index (χ2n) is 7.45. The van der Waals surface area contributed by atoms with Crippen LogP contribution in [0.25, 0.3) is 16.7 Å². The van der Waals surface area contributed by atoms with Crippen molar-refractivity contribution in [2.45, 2.75) is 4.87 Å². The maximum atomic E-state index is 4.91. The van der Waals surface area contributed by atoms with E-state index in [4.69, 9.17) is 10.2 Å². The van der Waals surface area contributed by atoms with Crippen molar-refractivity contribution in [3.05, 3.63) is 136 Å². The number of azo groups is 1. The van der Waals surface area contributed by atoms with Gasteiger partial charge in [0.05, 0.1) is 0 Å². The van der Waals surface area contributed by atoms with Crippen molar-refractivity contribution in [1.29, 1.82) is 0 Å². The van der Waals surface area contributed by atoms with Gasteiger partial charge in [0.2, 0.25) is 0 Å². The minimum absolute atomic E-state index is 0.572. The fourth-order valence-corrected chi connectivity index (χ4v) is 5.65. The molecule has 0 unspecified atom stereocenters. The van der Waals surface area contributed by atoms with Gasteiger partial charge >= 0.3 is 0 Å². The number of benzene rings is 4. The summed E-state index contributed by atoms with van der Waals surface area (Å²) in [5.41, 5.74) is 8.46. The van der Waals surface area contributed by atoms with Crippen LogP contribution >= 0.6 is 11.8 Å². The number of nitrogens with zero attached hydrogens (tertiary/aromatic N) is 2. The summed E-state index contributed by atoms with van der Waals surface area (Å²) in [5.74, 6) is 0. The third kappa shape index (κ3) is 2.52. The van der Waals surface area contributed by atoms with Crippen molar-refractivity contribution < 1.29 is 0 Å². The van der Waals surface area contributed by atoms with E-state index in [1.807, 2.05) is 12.1 Å². The zero-order valence-corrected chi connectivity index (χ0v) is 17.0. The molecule has 0 amide bonds. The van der Waals surface area contributed by atoms with E-state index in [0.29, 0.717) is 0 Å². The minimum atomic E-state index is -0.572. The van der Waals surface area contributed by atoms with Crippen LogP contribution in [0, 0.1) is 0 Å². The van der Waals surface area contributed by atoms with E-state index in [2.05, 4.69) is 97.1 Å². The standard InChI is InChI=1S/C27H18N2S/c1-3-11-19(12-4-1)27(20-13-5-2-6-14-20)29-28-26(30-27)25-23-17-9-7-15-21(23)22-16-8-10-18-24(22)25/h1-18H. The molecule has 0 aromatic heterocycles. The van der Waals surface area contributed by atoms with Crippen molar-refractivity contribution in [3.63, 3.8) is 0 Å².